The average molecular weight is 413 g/mol. The van der Waals surface area contributed by atoms with Gasteiger partial charge in [-0.2, -0.15) is 0 Å². The van der Waals surface area contributed by atoms with Gasteiger partial charge in [-0.05, 0) is 21.9 Å². The van der Waals surface area contributed by atoms with Crippen molar-refractivity contribution in [3.63, 3.8) is 0 Å². The lowest BCUT2D eigenvalue weighted by Gasteiger charge is -2.09. The van der Waals surface area contributed by atoms with Gasteiger partial charge < -0.3 is 0 Å². The zero-order valence-corrected chi connectivity index (χ0v) is 17.8. The van der Waals surface area contributed by atoms with E-state index in [0.29, 0.717) is 0 Å². The molecule has 6 rings (SSSR count). The van der Waals surface area contributed by atoms with E-state index in [4.69, 9.17) is 0 Å². The highest BCUT2D eigenvalue weighted by Gasteiger charge is 2.17. The van der Waals surface area contributed by atoms with E-state index in [9.17, 15) is 0 Å². The summed E-state index contributed by atoms with van der Waals surface area (Å²) >= 11 is 1.90. The molecule has 6 aromatic rings. The van der Waals surface area contributed by atoms with E-state index in [1.807, 2.05) is 11.3 Å². The van der Waals surface area contributed by atoms with Crippen LogP contribution in [0.15, 0.2) is 121 Å². The number of hydrogen-bond donors (Lipinski definition) is 0. The second kappa shape index (κ2) is 7.54. The lowest BCUT2D eigenvalue weighted by atomic mass is 9.96. The van der Waals surface area contributed by atoms with Gasteiger partial charge in [0.05, 0.1) is 0 Å². The first kappa shape index (κ1) is 18.1. The summed E-state index contributed by atoms with van der Waals surface area (Å²) in [5, 5.41) is 5.23. The molecule has 0 aliphatic rings. The maximum absolute atomic E-state index is 2.26. The molecule has 0 N–H and O–H groups in total. The summed E-state index contributed by atoms with van der Waals surface area (Å²) in [5.74, 6) is 0. The molecule has 0 saturated heterocycles. The summed E-state index contributed by atoms with van der Waals surface area (Å²) in [6.07, 6.45) is 0. The number of rotatable bonds is 3. The zero-order chi connectivity index (χ0) is 20.6. The summed E-state index contributed by atoms with van der Waals surface area (Å²) < 4.78 is 0. The van der Waals surface area contributed by atoms with Crippen molar-refractivity contribution >= 4 is 32.9 Å². The molecule has 0 bridgehead atoms. The molecule has 0 radical (unpaired) electrons. The largest absolute Gasteiger partial charge is 0.134 e. The maximum atomic E-state index is 2.26. The van der Waals surface area contributed by atoms with Crippen LogP contribution >= 0.6 is 11.3 Å². The SMILES string of the molecule is c1ccc(-c2ccccc2-c2sc(-c3cccc4ccccc34)c3ccccc23)cc1. The number of fused-ring (bicyclic) bond motifs is 2. The summed E-state index contributed by atoms with van der Waals surface area (Å²) in [4.78, 5) is 2.67. The Labute approximate surface area is 186 Å². The van der Waals surface area contributed by atoms with Crippen molar-refractivity contribution in [3.8, 4) is 32.0 Å². The molecule has 1 heterocycles. The van der Waals surface area contributed by atoms with Crippen LogP contribution in [0.25, 0.3) is 53.6 Å². The minimum atomic E-state index is 1.25. The first-order chi connectivity index (χ1) is 15.4. The predicted molar refractivity (Wildman–Crippen MR) is 136 cm³/mol. The third kappa shape index (κ3) is 3.06. The first-order valence-corrected chi connectivity index (χ1v) is 11.4. The maximum Gasteiger partial charge on any atom is 0.0434 e. The van der Waals surface area contributed by atoms with Crippen molar-refractivity contribution in [1.82, 2.24) is 0 Å². The number of benzene rings is 5. The van der Waals surface area contributed by atoms with Gasteiger partial charge in [0, 0.05) is 31.7 Å². The first-order valence-electron chi connectivity index (χ1n) is 10.5. The van der Waals surface area contributed by atoms with Gasteiger partial charge in [-0.3, -0.25) is 0 Å². The molecule has 5 aromatic carbocycles. The fraction of sp³-hybridized carbons (Fsp3) is 0. The minimum absolute atomic E-state index is 1.25. The molecule has 146 valence electrons. The second-order valence-electron chi connectivity index (χ2n) is 7.74. The normalized spacial score (nSPS) is 11.2. The molecule has 0 fully saturated rings. The Morgan fingerprint density at radius 1 is 0.355 bits per heavy atom. The van der Waals surface area contributed by atoms with Gasteiger partial charge in [0.15, 0.2) is 0 Å². The Balaban J connectivity index is 1.65. The van der Waals surface area contributed by atoms with Crippen molar-refractivity contribution in [2.24, 2.45) is 0 Å². The number of hydrogen-bond acceptors (Lipinski definition) is 1. The van der Waals surface area contributed by atoms with Gasteiger partial charge in [-0.15, -0.1) is 11.3 Å². The van der Waals surface area contributed by atoms with E-state index in [0.717, 1.165) is 0 Å². The fourth-order valence-corrected chi connectivity index (χ4v) is 5.82. The van der Waals surface area contributed by atoms with Crippen LogP contribution in [0.2, 0.25) is 0 Å². The molecular formula is C30H20S. The van der Waals surface area contributed by atoms with Gasteiger partial charge in [-0.25, -0.2) is 0 Å². The zero-order valence-electron chi connectivity index (χ0n) is 17.0. The van der Waals surface area contributed by atoms with Gasteiger partial charge in [0.2, 0.25) is 0 Å². The van der Waals surface area contributed by atoms with Crippen LogP contribution < -0.4 is 0 Å². The molecule has 0 aliphatic carbocycles. The Kier molecular flexibility index (Phi) is 4.40. The summed E-state index contributed by atoms with van der Waals surface area (Å²) in [7, 11) is 0. The highest BCUT2D eigenvalue weighted by Crippen LogP contribution is 2.47. The van der Waals surface area contributed by atoms with Crippen molar-refractivity contribution in [1.29, 1.82) is 0 Å². The highest BCUT2D eigenvalue weighted by molar-refractivity contribution is 7.21. The third-order valence-corrected chi connectivity index (χ3v) is 7.20. The Morgan fingerprint density at radius 2 is 0.871 bits per heavy atom. The summed E-state index contributed by atoms with van der Waals surface area (Å²) in [6.45, 7) is 0. The predicted octanol–water partition coefficient (Wildman–Crippen LogP) is 9.06. The van der Waals surface area contributed by atoms with E-state index >= 15 is 0 Å². The molecule has 0 aliphatic heterocycles. The third-order valence-electron chi connectivity index (χ3n) is 5.91. The Hall–Kier alpha value is -3.68. The van der Waals surface area contributed by atoms with E-state index in [1.54, 1.807) is 0 Å². The van der Waals surface area contributed by atoms with Crippen LogP contribution in [-0.2, 0) is 0 Å². The van der Waals surface area contributed by atoms with Crippen LogP contribution in [0.1, 0.15) is 0 Å². The molecule has 0 spiro atoms. The van der Waals surface area contributed by atoms with Crippen molar-refractivity contribution in [3.05, 3.63) is 121 Å². The molecule has 1 aromatic heterocycles. The average Bonchev–Trinajstić information content (AvgIpc) is 3.24. The lowest BCUT2D eigenvalue weighted by molar-refractivity contribution is 1.62. The molecule has 0 unspecified atom stereocenters. The molecular weight excluding hydrogens is 392 g/mol. The van der Waals surface area contributed by atoms with Gasteiger partial charge in [0.1, 0.15) is 0 Å². The van der Waals surface area contributed by atoms with Crippen LogP contribution in [0.4, 0.5) is 0 Å². The van der Waals surface area contributed by atoms with Crippen LogP contribution in [0.3, 0.4) is 0 Å². The Morgan fingerprint density at radius 3 is 1.65 bits per heavy atom. The molecule has 31 heavy (non-hydrogen) atoms. The van der Waals surface area contributed by atoms with E-state index in [2.05, 4.69) is 121 Å². The van der Waals surface area contributed by atoms with Crippen molar-refractivity contribution in [2.45, 2.75) is 0 Å². The van der Waals surface area contributed by atoms with Gasteiger partial charge >= 0.3 is 0 Å². The van der Waals surface area contributed by atoms with Gasteiger partial charge in [-0.1, -0.05) is 121 Å². The fourth-order valence-electron chi connectivity index (χ4n) is 4.47. The van der Waals surface area contributed by atoms with Gasteiger partial charge in [0.25, 0.3) is 0 Å². The highest BCUT2D eigenvalue weighted by atomic mass is 32.1. The summed E-state index contributed by atoms with van der Waals surface area (Å²) in [6, 6.07) is 43.6. The minimum Gasteiger partial charge on any atom is -0.134 e. The molecule has 1 heteroatoms. The van der Waals surface area contributed by atoms with Crippen LogP contribution in [-0.4, -0.2) is 0 Å². The monoisotopic (exact) mass is 412 g/mol. The summed E-state index contributed by atoms with van der Waals surface area (Å²) in [5.41, 5.74) is 5.13. The molecule has 0 atom stereocenters. The van der Waals surface area contributed by atoms with Crippen molar-refractivity contribution in [2.75, 3.05) is 0 Å². The molecule has 0 nitrogen and oxygen atoms in total. The van der Waals surface area contributed by atoms with Crippen LogP contribution in [0.5, 0.6) is 0 Å². The van der Waals surface area contributed by atoms with Crippen LogP contribution in [0, 0.1) is 0 Å². The lowest BCUT2D eigenvalue weighted by Crippen LogP contribution is -1.82. The topological polar surface area (TPSA) is 0 Å². The number of thiophene rings is 1. The molecule has 0 amide bonds. The smallest absolute Gasteiger partial charge is 0.0434 e. The van der Waals surface area contributed by atoms with E-state index < -0.39 is 0 Å². The standard InChI is InChI=1S/C30H20S/c1-2-11-21(12-3-1)23-16-6-7-17-25(23)29-27-18-8-9-19-28(27)30(31-29)26-20-10-14-22-13-4-5-15-24(22)26/h1-20H. The quantitative estimate of drug-likeness (QED) is 0.272. The Bertz CT molecular complexity index is 1520. The van der Waals surface area contributed by atoms with E-state index in [1.165, 1.54) is 53.6 Å². The van der Waals surface area contributed by atoms with Crippen molar-refractivity contribution < 1.29 is 0 Å². The second-order valence-corrected chi connectivity index (χ2v) is 8.76. The van der Waals surface area contributed by atoms with E-state index in [-0.39, 0.29) is 0 Å². The molecule has 0 saturated carbocycles.